The first kappa shape index (κ1) is 21.2. The van der Waals surface area contributed by atoms with Crippen molar-refractivity contribution >= 4 is 30.4 Å². The maximum absolute atomic E-state index is 12.9. The average molecular weight is 500 g/mol. The van der Waals surface area contributed by atoms with Gasteiger partial charge in [-0.3, -0.25) is 0 Å². The fraction of sp³-hybridized carbons (Fsp3) is 0.333. The fourth-order valence-corrected chi connectivity index (χ4v) is 8.90. The van der Waals surface area contributed by atoms with E-state index in [-0.39, 0.29) is 5.41 Å². The molecule has 0 N–H and O–H groups in total. The van der Waals surface area contributed by atoms with E-state index in [1.54, 1.807) is 43.3 Å². The fourth-order valence-electron chi connectivity index (χ4n) is 2.11. The molecular formula is C18H20F3IO3S. The third-order valence-corrected chi connectivity index (χ3v) is 11.1. The van der Waals surface area contributed by atoms with E-state index in [0.29, 0.717) is 12.7 Å². The predicted octanol–water partition coefficient (Wildman–Crippen LogP) is 5.62. The summed E-state index contributed by atoms with van der Waals surface area (Å²) >= 11 is -3.32. The van der Waals surface area contributed by atoms with E-state index in [1.165, 1.54) is 0 Å². The average Bonchev–Trinajstić information content (AvgIpc) is 2.52. The molecule has 0 saturated heterocycles. The molecule has 2 aromatic carbocycles. The normalized spacial score (nSPS) is 13.6. The van der Waals surface area contributed by atoms with E-state index in [4.69, 9.17) is 2.51 Å². The molecule has 0 aliphatic rings. The van der Waals surface area contributed by atoms with Crippen molar-refractivity contribution in [1.29, 1.82) is 0 Å². The number of rotatable bonds is 4. The van der Waals surface area contributed by atoms with Crippen molar-refractivity contribution in [3.8, 4) is 0 Å². The van der Waals surface area contributed by atoms with Crippen molar-refractivity contribution in [3.63, 3.8) is 0 Å². The van der Waals surface area contributed by atoms with E-state index >= 15 is 0 Å². The predicted molar refractivity (Wildman–Crippen MR) is 104 cm³/mol. The molecule has 0 heterocycles. The van der Waals surface area contributed by atoms with Gasteiger partial charge in [-0.05, 0) is 0 Å². The Bertz CT molecular complexity index is 870. The number of hydrogen-bond acceptors (Lipinski definition) is 3. The molecule has 0 amide bonds. The Balaban J connectivity index is 2.53. The molecule has 0 unspecified atom stereocenters. The van der Waals surface area contributed by atoms with Crippen LogP contribution in [-0.4, -0.2) is 13.9 Å². The molecule has 2 aromatic rings. The van der Waals surface area contributed by atoms with Gasteiger partial charge in [-0.1, -0.05) is 0 Å². The number of aryl methyl sites for hydroxylation is 1. The zero-order valence-corrected chi connectivity index (χ0v) is 17.7. The van der Waals surface area contributed by atoms with E-state index < -0.39 is 35.9 Å². The summed E-state index contributed by atoms with van der Waals surface area (Å²) in [5.41, 5.74) is -3.87. The molecular weight excluding hydrogens is 480 g/mol. The van der Waals surface area contributed by atoms with Crippen molar-refractivity contribution < 1.29 is 24.1 Å². The van der Waals surface area contributed by atoms with Crippen LogP contribution in [0.5, 0.6) is 0 Å². The Morgan fingerprint density at radius 2 is 1.46 bits per heavy atom. The van der Waals surface area contributed by atoms with Crippen LogP contribution in [0, 0.1) is 14.1 Å². The van der Waals surface area contributed by atoms with Crippen molar-refractivity contribution in [2.45, 2.75) is 38.6 Å². The second-order valence-electron chi connectivity index (χ2n) is 6.72. The van der Waals surface area contributed by atoms with Gasteiger partial charge in [0.05, 0.1) is 0 Å². The zero-order valence-electron chi connectivity index (χ0n) is 14.8. The number of benzene rings is 2. The molecule has 0 fully saturated rings. The molecule has 0 atom stereocenters. The van der Waals surface area contributed by atoms with Gasteiger partial charge in [0.1, 0.15) is 0 Å². The number of hydrogen-bond donors (Lipinski definition) is 0. The van der Waals surface area contributed by atoms with Crippen LogP contribution in [0.3, 0.4) is 0 Å². The van der Waals surface area contributed by atoms with Crippen LogP contribution < -0.4 is 0 Å². The molecule has 144 valence electrons. The standard InChI is InChI=1S/C18H20F3IO3S/c1-13-7-5-6-8-16(13)22(25-26(23,24)18(19,20)21)15-11-9-14(10-12-15)17(2,3)4/h5-12H,1-4H3. The van der Waals surface area contributed by atoms with E-state index in [0.717, 1.165) is 5.56 Å². The second-order valence-corrected chi connectivity index (χ2v) is 13.1. The molecule has 0 radical (unpaired) electrons. The summed E-state index contributed by atoms with van der Waals surface area (Å²) in [5, 5.41) is 0. The van der Waals surface area contributed by atoms with Crippen LogP contribution in [-0.2, 0) is 18.0 Å². The van der Waals surface area contributed by atoms with Gasteiger partial charge in [-0.25, -0.2) is 0 Å². The second kappa shape index (κ2) is 7.47. The topological polar surface area (TPSA) is 43.4 Å². The molecule has 26 heavy (non-hydrogen) atoms. The molecule has 0 spiro atoms. The first-order valence-corrected chi connectivity index (χ1v) is 12.1. The van der Waals surface area contributed by atoms with Crippen molar-refractivity contribution in [2.75, 3.05) is 0 Å². The third kappa shape index (κ3) is 4.77. The van der Waals surface area contributed by atoms with E-state index in [1.807, 2.05) is 32.9 Å². The van der Waals surface area contributed by atoms with E-state index in [2.05, 4.69) is 0 Å². The van der Waals surface area contributed by atoms with Gasteiger partial charge in [-0.15, -0.1) is 0 Å². The summed E-state index contributed by atoms with van der Waals surface area (Å²) in [6, 6.07) is 13.7. The molecule has 0 aliphatic carbocycles. The Morgan fingerprint density at radius 3 is 1.92 bits per heavy atom. The molecule has 0 saturated carbocycles. The molecule has 8 heteroatoms. The van der Waals surface area contributed by atoms with Crippen LogP contribution in [0.2, 0.25) is 0 Å². The Labute approximate surface area is 159 Å². The molecule has 0 aliphatic heterocycles. The Kier molecular flexibility index (Phi) is 6.09. The van der Waals surface area contributed by atoms with Crippen LogP contribution in [0.15, 0.2) is 48.5 Å². The van der Waals surface area contributed by atoms with Gasteiger partial charge >= 0.3 is 160 Å². The zero-order chi connectivity index (χ0) is 19.8. The summed E-state index contributed by atoms with van der Waals surface area (Å²) in [5.74, 6) is 0. The Morgan fingerprint density at radius 1 is 0.923 bits per heavy atom. The van der Waals surface area contributed by atoms with Crippen LogP contribution >= 0.6 is 20.2 Å². The molecule has 0 aromatic heterocycles. The summed E-state index contributed by atoms with van der Waals surface area (Å²) in [4.78, 5) is 0. The van der Waals surface area contributed by atoms with Crippen LogP contribution in [0.25, 0.3) is 0 Å². The summed E-state index contributed by atoms with van der Waals surface area (Å²) in [7, 11) is -5.68. The van der Waals surface area contributed by atoms with Gasteiger partial charge in [0.15, 0.2) is 0 Å². The van der Waals surface area contributed by atoms with Crippen LogP contribution in [0.4, 0.5) is 13.2 Å². The van der Waals surface area contributed by atoms with Crippen LogP contribution in [0.1, 0.15) is 31.9 Å². The first-order valence-electron chi connectivity index (χ1n) is 7.70. The van der Waals surface area contributed by atoms with E-state index in [9.17, 15) is 21.6 Å². The minimum absolute atomic E-state index is 0.126. The summed E-state index contributed by atoms with van der Waals surface area (Å²) in [6.45, 7) is 7.78. The summed E-state index contributed by atoms with van der Waals surface area (Å²) in [6.07, 6.45) is 0. The molecule has 0 bridgehead atoms. The van der Waals surface area contributed by atoms with Gasteiger partial charge in [0, 0.05) is 0 Å². The molecule has 2 rings (SSSR count). The third-order valence-electron chi connectivity index (χ3n) is 3.60. The monoisotopic (exact) mass is 500 g/mol. The van der Waals surface area contributed by atoms with Gasteiger partial charge in [0.25, 0.3) is 0 Å². The van der Waals surface area contributed by atoms with Crippen molar-refractivity contribution in [2.24, 2.45) is 0 Å². The van der Waals surface area contributed by atoms with Gasteiger partial charge in [-0.2, -0.15) is 0 Å². The first-order chi connectivity index (χ1) is 11.8. The summed E-state index contributed by atoms with van der Waals surface area (Å²) < 4.78 is 67.6. The Hall–Kier alpha value is -1.13. The quantitative estimate of drug-likeness (QED) is 0.405. The number of alkyl halides is 3. The van der Waals surface area contributed by atoms with Crippen molar-refractivity contribution in [1.82, 2.24) is 0 Å². The van der Waals surface area contributed by atoms with Crippen molar-refractivity contribution in [3.05, 3.63) is 66.8 Å². The molecule has 3 nitrogen and oxygen atoms in total. The SMILES string of the molecule is Cc1ccccc1I(OS(=O)(=O)C(F)(F)F)c1ccc(C(C)(C)C)cc1. The number of halogens is 4. The minimum atomic E-state index is -5.68. The maximum atomic E-state index is 12.9. The van der Waals surface area contributed by atoms with Gasteiger partial charge in [0.2, 0.25) is 0 Å². The van der Waals surface area contributed by atoms with Gasteiger partial charge < -0.3 is 0 Å².